The number of nitriles is 2. The molecule has 8 heteroatoms. The van der Waals surface area contributed by atoms with E-state index >= 15 is 0 Å². The van der Waals surface area contributed by atoms with Crippen molar-refractivity contribution in [3.63, 3.8) is 0 Å². The molecular formula is C21H20N4O4. The number of hydrogen-bond acceptors (Lipinski definition) is 8. The Morgan fingerprint density at radius 1 is 1.07 bits per heavy atom. The fraction of sp³-hybridized carbons (Fsp3) is 0.381. The number of nitrogen functional groups attached to an aromatic ring is 1. The highest BCUT2D eigenvalue weighted by Gasteiger charge is 2.24. The lowest BCUT2D eigenvalue weighted by atomic mass is 9.96. The van der Waals surface area contributed by atoms with E-state index in [1.165, 1.54) is 0 Å². The minimum atomic E-state index is 0.0334. The van der Waals surface area contributed by atoms with Crippen molar-refractivity contribution in [3.05, 3.63) is 35.4 Å². The number of anilines is 1. The quantitative estimate of drug-likeness (QED) is 0.794. The van der Waals surface area contributed by atoms with Gasteiger partial charge in [-0.1, -0.05) is 12.1 Å². The number of benzene rings is 1. The van der Waals surface area contributed by atoms with Gasteiger partial charge >= 0.3 is 0 Å². The predicted molar refractivity (Wildman–Crippen MR) is 103 cm³/mol. The average Bonchev–Trinajstić information content (AvgIpc) is 3.22. The number of rotatable bonds is 6. The highest BCUT2D eigenvalue weighted by atomic mass is 16.6. The molecule has 4 rings (SSSR count). The van der Waals surface area contributed by atoms with E-state index in [2.05, 4.69) is 17.1 Å². The van der Waals surface area contributed by atoms with Crippen LogP contribution in [0.5, 0.6) is 11.6 Å². The number of nitrogens with two attached hydrogens (primary N) is 1. The monoisotopic (exact) mass is 392 g/mol. The summed E-state index contributed by atoms with van der Waals surface area (Å²) in [6.07, 6.45) is 0.954. The Morgan fingerprint density at radius 2 is 1.83 bits per heavy atom. The summed E-state index contributed by atoms with van der Waals surface area (Å²) in [4.78, 5) is 4.17. The first-order chi connectivity index (χ1) is 14.2. The normalized spacial score (nSPS) is 18.5. The van der Waals surface area contributed by atoms with Gasteiger partial charge in [0, 0.05) is 18.1 Å². The summed E-state index contributed by atoms with van der Waals surface area (Å²) >= 11 is 0. The maximum Gasteiger partial charge on any atom is 0.234 e. The van der Waals surface area contributed by atoms with Crippen LogP contribution < -0.4 is 15.2 Å². The van der Waals surface area contributed by atoms with Gasteiger partial charge in [0.2, 0.25) is 5.88 Å². The van der Waals surface area contributed by atoms with Crippen molar-refractivity contribution in [2.75, 3.05) is 38.8 Å². The molecule has 0 bridgehead atoms. The van der Waals surface area contributed by atoms with Crippen LogP contribution >= 0.6 is 0 Å². The smallest absolute Gasteiger partial charge is 0.234 e. The number of nitrogens with zero attached hydrogens (tertiary/aromatic N) is 3. The molecule has 0 spiro atoms. The summed E-state index contributed by atoms with van der Waals surface area (Å²) < 4.78 is 22.0. The molecule has 0 amide bonds. The lowest BCUT2D eigenvalue weighted by molar-refractivity contribution is -0.0796. The van der Waals surface area contributed by atoms with Crippen LogP contribution in [0.25, 0.3) is 11.1 Å². The molecule has 2 N–H and O–H groups in total. The Balaban J connectivity index is 1.66. The highest BCUT2D eigenvalue weighted by Crippen LogP contribution is 2.36. The zero-order valence-corrected chi connectivity index (χ0v) is 15.8. The SMILES string of the molecule is N#Cc1c(N)nc(OC[C@H]2CCOC2)c(C#N)c1-c1ccc(OC2COC2)cc1. The van der Waals surface area contributed by atoms with E-state index < -0.39 is 0 Å². The summed E-state index contributed by atoms with van der Waals surface area (Å²) in [7, 11) is 0. The first kappa shape index (κ1) is 19.0. The largest absolute Gasteiger partial charge is 0.486 e. The molecule has 2 aliphatic rings. The van der Waals surface area contributed by atoms with E-state index in [0.717, 1.165) is 6.42 Å². The van der Waals surface area contributed by atoms with Crippen molar-refractivity contribution in [1.29, 1.82) is 10.5 Å². The van der Waals surface area contributed by atoms with Crippen molar-refractivity contribution in [2.45, 2.75) is 12.5 Å². The predicted octanol–water partition coefficient (Wildman–Crippen LogP) is 2.27. The summed E-state index contributed by atoms with van der Waals surface area (Å²) in [5.41, 5.74) is 7.44. The molecule has 2 aliphatic heterocycles. The Morgan fingerprint density at radius 3 is 2.41 bits per heavy atom. The Hall–Kier alpha value is -3.33. The van der Waals surface area contributed by atoms with Crippen LogP contribution in [0, 0.1) is 28.6 Å². The van der Waals surface area contributed by atoms with Crippen LogP contribution in [0.1, 0.15) is 17.5 Å². The number of hydrogen-bond donors (Lipinski definition) is 1. The third kappa shape index (κ3) is 3.95. The maximum atomic E-state index is 9.79. The summed E-state index contributed by atoms with van der Waals surface area (Å²) in [6.45, 7) is 2.85. The molecule has 1 aromatic carbocycles. The molecule has 0 unspecified atom stereocenters. The zero-order valence-electron chi connectivity index (χ0n) is 15.8. The first-order valence-corrected chi connectivity index (χ1v) is 9.38. The molecule has 3 heterocycles. The molecule has 8 nitrogen and oxygen atoms in total. The fourth-order valence-electron chi connectivity index (χ4n) is 3.28. The van der Waals surface area contributed by atoms with Gasteiger partial charge in [0.1, 0.15) is 40.9 Å². The second-order valence-electron chi connectivity index (χ2n) is 6.99. The fourth-order valence-corrected chi connectivity index (χ4v) is 3.28. The van der Waals surface area contributed by atoms with Crippen LogP contribution in [0.2, 0.25) is 0 Å². The van der Waals surface area contributed by atoms with Gasteiger partial charge in [0.05, 0.1) is 26.4 Å². The number of aromatic nitrogens is 1. The van der Waals surface area contributed by atoms with Gasteiger partial charge in [-0.2, -0.15) is 15.5 Å². The third-order valence-electron chi connectivity index (χ3n) is 4.95. The van der Waals surface area contributed by atoms with Crippen molar-refractivity contribution in [1.82, 2.24) is 4.98 Å². The molecule has 0 saturated carbocycles. The minimum Gasteiger partial charge on any atom is -0.486 e. The molecule has 148 valence electrons. The first-order valence-electron chi connectivity index (χ1n) is 9.38. The van der Waals surface area contributed by atoms with Crippen molar-refractivity contribution in [3.8, 4) is 34.9 Å². The molecular weight excluding hydrogens is 372 g/mol. The van der Waals surface area contributed by atoms with E-state index in [9.17, 15) is 10.5 Å². The highest BCUT2D eigenvalue weighted by molar-refractivity contribution is 5.82. The minimum absolute atomic E-state index is 0.0334. The molecule has 2 aromatic rings. The second kappa shape index (κ2) is 8.36. The zero-order chi connectivity index (χ0) is 20.2. The second-order valence-corrected chi connectivity index (χ2v) is 6.99. The van der Waals surface area contributed by atoms with Gasteiger partial charge in [-0.15, -0.1) is 0 Å². The van der Waals surface area contributed by atoms with Gasteiger partial charge in [0.15, 0.2) is 0 Å². The Bertz CT molecular complexity index is 968. The van der Waals surface area contributed by atoms with Gasteiger partial charge in [-0.3, -0.25) is 0 Å². The molecule has 1 aromatic heterocycles. The van der Waals surface area contributed by atoms with Crippen molar-refractivity contribution in [2.24, 2.45) is 5.92 Å². The molecule has 0 radical (unpaired) electrons. The lowest BCUT2D eigenvalue weighted by Crippen LogP contribution is -2.38. The summed E-state index contributed by atoms with van der Waals surface area (Å²) in [5, 5.41) is 19.4. The van der Waals surface area contributed by atoms with Gasteiger partial charge in [-0.25, -0.2) is 0 Å². The van der Waals surface area contributed by atoms with Gasteiger partial charge in [0.25, 0.3) is 0 Å². The standard InChI is InChI=1S/C21H20N4O4/c22-7-17-19(14-1-3-15(4-2-14)29-16-11-27-12-16)18(8-23)21(25-20(17)24)28-10-13-5-6-26-9-13/h1-4,13,16H,5-6,9-12H2,(H2,24,25)/t13-/m0/s1. The van der Waals surface area contributed by atoms with E-state index in [0.29, 0.717) is 49.9 Å². The van der Waals surface area contributed by atoms with Crippen LogP contribution in [0.4, 0.5) is 5.82 Å². The summed E-state index contributed by atoms with van der Waals surface area (Å²) in [6, 6.07) is 11.4. The summed E-state index contributed by atoms with van der Waals surface area (Å²) in [5.74, 6) is 1.11. The molecule has 0 aliphatic carbocycles. The van der Waals surface area contributed by atoms with Gasteiger partial charge in [-0.05, 0) is 24.1 Å². The molecule has 1 atom stereocenters. The topological polar surface area (TPSA) is 123 Å². The van der Waals surface area contributed by atoms with Crippen molar-refractivity contribution < 1.29 is 18.9 Å². The van der Waals surface area contributed by atoms with Crippen LogP contribution in [0.15, 0.2) is 24.3 Å². The van der Waals surface area contributed by atoms with Crippen LogP contribution in [-0.2, 0) is 9.47 Å². The molecule has 2 saturated heterocycles. The number of ether oxygens (including phenoxy) is 4. The molecule has 2 fully saturated rings. The van der Waals surface area contributed by atoms with E-state index in [1.54, 1.807) is 24.3 Å². The van der Waals surface area contributed by atoms with E-state index in [4.69, 9.17) is 24.7 Å². The van der Waals surface area contributed by atoms with E-state index in [1.807, 2.05) is 0 Å². The van der Waals surface area contributed by atoms with Gasteiger partial charge < -0.3 is 24.7 Å². The van der Waals surface area contributed by atoms with Crippen molar-refractivity contribution >= 4 is 5.82 Å². The lowest BCUT2D eigenvalue weighted by Gasteiger charge is -2.26. The average molecular weight is 392 g/mol. The third-order valence-corrected chi connectivity index (χ3v) is 4.95. The van der Waals surface area contributed by atoms with Crippen LogP contribution in [-0.4, -0.2) is 44.1 Å². The van der Waals surface area contributed by atoms with E-state index in [-0.39, 0.29) is 34.8 Å². The Kier molecular flexibility index (Phi) is 5.48. The number of pyridine rings is 1. The maximum absolute atomic E-state index is 9.79. The Labute approximate surface area is 168 Å². The molecule has 29 heavy (non-hydrogen) atoms. The van der Waals surface area contributed by atoms with Crippen LogP contribution in [0.3, 0.4) is 0 Å².